The molecule has 190 valence electrons. The fourth-order valence-corrected chi connectivity index (χ4v) is 4.93. The van der Waals surface area contributed by atoms with Crippen LogP contribution in [0.25, 0.3) is 22.8 Å². The Morgan fingerprint density at radius 3 is 2.46 bits per heavy atom. The SMILES string of the molecule is Cc1nc(C)c(-c2nc(-c3cccc(Cl)c3)no2)c(C2CCN(C(=O)Cc3c(F)cccc3F)CC2)n1. The summed E-state index contributed by atoms with van der Waals surface area (Å²) in [7, 11) is 0. The molecule has 2 aromatic carbocycles. The molecule has 0 saturated carbocycles. The van der Waals surface area contributed by atoms with Crippen molar-refractivity contribution in [1.29, 1.82) is 0 Å². The predicted molar refractivity (Wildman–Crippen MR) is 134 cm³/mol. The maximum atomic E-state index is 14.0. The number of hydrogen-bond donors (Lipinski definition) is 0. The summed E-state index contributed by atoms with van der Waals surface area (Å²) in [6.45, 7) is 4.59. The molecule has 7 nitrogen and oxygen atoms in total. The fraction of sp³-hybridized carbons (Fsp3) is 0.296. The fourth-order valence-electron chi connectivity index (χ4n) is 4.74. The van der Waals surface area contributed by atoms with Gasteiger partial charge in [0.25, 0.3) is 5.89 Å². The van der Waals surface area contributed by atoms with Crippen LogP contribution in [0.15, 0.2) is 47.0 Å². The summed E-state index contributed by atoms with van der Waals surface area (Å²) in [4.78, 5) is 28.3. The van der Waals surface area contributed by atoms with Crippen molar-refractivity contribution in [2.24, 2.45) is 0 Å². The monoisotopic (exact) mass is 523 g/mol. The molecule has 1 amide bonds. The first-order chi connectivity index (χ1) is 17.8. The number of amides is 1. The van der Waals surface area contributed by atoms with E-state index in [0.29, 0.717) is 54.1 Å². The Labute approximate surface area is 217 Å². The van der Waals surface area contributed by atoms with Gasteiger partial charge in [0.2, 0.25) is 11.7 Å². The lowest BCUT2D eigenvalue weighted by Crippen LogP contribution is -2.39. The second-order valence-corrected chi connectivity index (χ2v) is 9.52. The molecule has 0 spiro atoms. The van der Waals surface area contributed by atoms with E-state index in [1.54, 1.807) is 17.0 Å². The van der Waals surface area contributed by atoms with Crippen molar-refractivity contribution in [2.45, 2.75) is 39.0 Å². The molecule has 0 aliphatic carbocycles. The maximum absolute atomic E-state index is 14.0. The second kappa shape index (κ2) is 10.3. The number of aryl methyl sites for hydroxylation is 2. The van der Waals surface area contributed by atoms with E-state index in [9.17, 15) is 13.6 Å². The highest BCUT2D eigenvalue weighted by atomic mass is 35.5. The van der Waals surface area contributed by atoms with E-state index in [0.717, 1.165) is 29.1 Å². The number of likely N-dealkylation sites (tertiary alicyclic amines) is 1. The van der Waals surface area contributed by atoms with Crippen LogP contribution in [0.4, 0.5) is 8.78 Å². The van der Waals surface area contributed by atoms with Gasteiger partial charge in [-0.05, 0) is 51.0 Å². The van der Waals surface area contributed by atoms with Crippen LogP contribution in [0.5, 0.6) is 0 Å². The quantitative estimate of drug-likeness (QED) is 0.334. The Morgan fingerprint density at radius 2 is 1.76 bits per heavy atom. The van der Waals surface area contributed by atoms with Crippen LogP contribution in [-0.4, -0.2) is 44.0 Å². The minimum absolute atomic E-state index is 0.0196. The lowest BCUT2D eigenvalue weighted by molar-refractivity contribution is -0.131. The van der Waals surface area contributed by atoms with E-state index in [-0.39, 0.29) is 23.8 Å². The molecule has 4 aromatic rings. The molecule has 2 aromatic heterocycles. The summed E-state index contributed by atoms with van der Waals surface area (Å²) < 4.78 is 33.7. The van der Waals surface area contributed by atoms with Crippen LogP contribution >= 0.6 is 11.6 Å². The lowest BCUT2D eigenvalue weighted by Gasteiger charge is -2.32. The van der Waals surface area contributed by atoms with Gasteiger partial charge in [0.15, 0.2) is 0 Å². The van der Waals surface area contributed by atoms with Crippen molar-refractivity contribution in [3.8, 4) is 22.8 Å². The molecule has 1 aliphatic rings. The van der Waals surface area contributed by atoms with E-state index in [1.165, 1.54) is 6.07 Å². The van der Waals surface area contributed by atoms with Crippen molar-refractivity contribution < 1.29 is 18.1 Å². The molecule has 0 radical (unpaired) electrons. The van der Waals surface area contributed by atoms with Crippen molar-refractivity contribution in [1.82, 2.24) is 25.0 Å². The van der Waals surface area contributed by atoms with Crippen LogP contribution < -0.4 is 0 Å². The minimum Gasteiger partial charge on any atom is -0.342 e. The Bertz CT molecular complexity index is 1450. The third-order valence-corrected chi connectivity index (χ3v) is 6.81. The van der Waals surface area contributed by atoms with Gasteiger partial charge in [0.1, 0.15) is 17.5 Å². The lowest BCUT2D eigenvalue weighted by atomic mass is 9.89. The van der Waals surface area contributed by atoms with E-state index in [1.807, 2.05) is 26.0 Å². The molecule has 10 heteroatoms. The summed E-state index contributed by atoms with van der Waals surface area (Å²) in [5.74, 6) is -0.362. The predicted octanol–water partition coefficient (Wildman–Crippen LogP) is 5.69. The third-order valence-electron chi connectivity index (χ3n) is 6.58. The number of hydrogen-bond acceptors (Lipinski definition) is 6. The molecule has 0 unspecified atom stereocenters. The first-order valence-corrected chi connectivity index (χ1v) is 12.3. The van der Waals surface area contributed by atoms with Gasteiger partial charge in [-0.2, -0.15) is 4.98 Å². The topological polar surface area (TPSA) is 85.0 Å². The summed E-state index contributed by atoms with van der Waals surface area (Å²) >= 11 is 6.11. The number of carbonyl (C=O) groups excluding carboxylic acids is 1. The van der Waals surface area contributed by atoms with Gasteiger partial charge < -0.3 is 9.42 Å². The number of benzene rings is 2. The zero-order valence-electron chi connectivity index (χ0n) is 20.3. The number of aromatic nitrogens is 4. The molecule has 1 saturated heterocycles. The van der Waals surface area contributed by atoms with E-state index < -0.39 is 11.6 Å². The highest BCUT2D eigenvalue weighted by Crippen LogP contribution is 2.36. The summed E-state index contributed by atoms with van der Waals surface area (Å²) in [6, 6.07) is 10.8. The van der Waals surface area contributed by atoms with Crippen molar-refractivity contribution >= 4 is 17.5 Å². The van der Waals surface area contributed by atoms with Crippen LogP contribution in [0, 0.1) is 25.5 Å². The summed E-state index contributed by atoms with van der Waals surface area (Å²) in [5, 5.41) is 4.70. The minimum atomic E-state index is -0.712. The number of carbonyl (C=O) groups is 1. The van der Waals surface area contributed by atoms with Crippen molar-refractivity contribution in [3.63, 3.8) is 0 Å². The number of halogens is 3. The number of nitrogens with zero attached hydrogens (tertiary/aromatic N) is 5. The smallest absolute Gasteiger partial charge is 0.261 e. The van der Waals surface area contributed by atoms with Crippen LogP contribution in [0.2, 0.25) is 5.02 Å². The Hall–Kier alpha value is -3.72. The average Bonchev–Trinajstić information content (AvgIpc) is 3.36. The first-order valence-electron chi connectivity index (χ1n) is 12.0. The second-order valence-electron chi connectivity index (χ2n) is 9.08. The van der Waals surface area contributed by atoms with Gasteiger partial charge in [0.05, 0.1) is 23.4 Å². The van der Waals surface area contributed by atoms with Crippen molar-refractivity contribution in [3.05, 3.63) is 81.9 Å². The Balaban J connectivity index is 1.36. The molecule has 0 bridgehead atoms. The molecule has 37 heavy (non-hydrogen) atoms. The molecule has 3 heterocycles. The van der Waals surface area contributed by atoms with Crippen LogP contribution in [0.1, 0.15) is 41.5 Å². The standard InChI is InChI=1S/C27H24ClF2N5O2/c1-15-24(27-33-26(34-37-27)18-5-3-6-19(28)13-18)25(32-16(2)31-15)17-9-11-35(12-10-17)23(36)14-20-21(29)7-4-8-22(20)30/h3-8,13,17H,9-12,14H2,1-2H3. The third kappa shape index (κ3) is 5.22. The molecule has 1 aliphatic heterocycles. The van der Waals surface area contributed by atoms with Gasteiger partial charge in [-0.3, -0.25) is 4.79 Å². The zero-order valence-corrected chi connectivity index (χ0v) is 21.1. The molecular formula is C27H24ClF2N5O2. The molecule has 5 rings (SSSR count). The highest BCUT2D eigenvalue weighted by Gasteiger charge is 2.30. The highest BCUT2D eigenvalue weighted by molar-refractivity contribution is 6.30. The Morgan fingerprint density at radius 1 is 1.05 bits per heavy atom. The first kappa shape index (κ1) is 25.0. The molecular weight excluding hydrogens is 500 g/mol. The van der Waals surface area contributed by atoms with Crippen LogP contribution in [0.3, 0.4) is 0 Å². The summed E-state index contributed by atoms with van der Waals surface area (Å²) in [6.07, 6.45) is 0.946. The Kier molecular flexibility index (Phi) is 6.97. The van der Waals surface area contributed by atoms with Gasteiger partial charge >= 0.3 is 0 Å². The summed E-state index contributed by atoms with van der Waals surface area (Å²) in [5.41, 5.74) is 2.72. The maximum Gasteiger partial charge on any atom is 0.261 e. The van der Waals surface area contributed by atoms with Gasteiger partial charge in [0, 0.05) is 35.2 Å². The molecule has 0 N–H and O–H groups in total. The number of piperidine rings is 1. The van der Waals surface area contributed by atoms with Gasteiger partial charge in [-0.15, -0.1) is 0 Å². The average molecular weight is 524 g/mol. The zero-order chi connectivity index (χ0) is 26.1. The van der Waals surface area contributed by atoms with E-state index in [2.05, 4.69) is 15.1 Å². The number of rotatable bonds is 5. The molecule has 1 fully saturated rings. The van der Waals surface area contributed by atoms with E-state index in [4.69, 9.17) is 21.1 Å². The van der Waals surface area contributed by atoms with E-state index >= 15 is 0 Å². The molecule has 0 atom stereocenters. The van der Waals surface area contributed by atoms with Gasteiger partial charge in [-0.25, -0.2) is 18.7 Å². The van der Waals surface area contributed by atoms with Crippen molar-refractivity contribution in [2.75, 3.05) is 13.1 Å². The van der Waals surface area contributed by atoms with Gasteiger partial charge in [-0.1, -0.05) is 35.0 Å². The van der Waals surface area contributed by atoms with Crippen LogP contribution in [-0.2, 0) is 11.2 Å². The normalized spacial score (nSPS) is 14.2. The largest absolute Gasteiger partial charge is 0.342 e.